The molecule has 4 nitrogen and oxygen atoms in total. The van der Waals surface area contributed by atoms with E-state index in [0.717, 1.165) is 11.9 Å². The topological polar surface area (TPSA) is 53.1 Å². The van der Waals surface area contributed by atoms with Crippen molar-refractivity contribution in [2.45, 2.75) is 19.4 Å². The molecule has 0 saturated carbocycles. The Morgan fingerprint density at radius 3 is 2.95 bits per heavy atom. The standard InChI is InChI=1S/C15H16FN3OS/c1-9(6-10-4-3-5-21-10)19-13-8-14(20-2)11(16)7-12(13)18-15(19)17/h3-5,7-9H,6H2,1-2H3,(H2,17,18). The molecule has 21 heavy (non-hydrogen) atoms. The first-order valence-corrected chi connectivity index (χ1v) is 7.51. The molecule has 0 bridgehead atoms. The summed E-state index contributed by atoms with van der Waals surface area (Å²) in [6, 6.07) is 7.26. The summed E-state index contributed by atoms with van der Waals surface area (Å²) in [4.78, 5) is 5.52. The lowest BCUT2D eigenvalue weighted by Crippen LogP contribution is -2.10. The molecule has 0 saturated heterocycles. The fourth-order valence-corrected chi connectivity index (χ4v) is 3.37. The van der Waals surface area contributed by atoms with Crippen molar-refractivity contribution in [1.29, 1.82) is 0 Å². The molecule has 1 unspecified atom stereocenters. The molecule has 6 heteroatoms. The van der Waals surface area contributed by atoms with Crippen molar-refractivity contribution in [3.63, 3.8) is 0 Å². The highest BCUT2D eigenvalue weighted by Gasteiger charge is 2.17. The number of imidazole rings is 1. The maximum absolute atomic E-state index is 13.8. The van der Waals surface area contributed by atoms with Gasteiger partial charge in [0.05, 0.1) is 18.1 Å². The van der Waals surface area contributed by atoms with Crippen molar-refractivity contribution >= 4 is 28.3 Å². The minimum atomic E-state index is -0.430. The highest BCUT2D eigenvalue weighted by molar-refractivity contribution is 7.09. The Bertz CT molecular complexity index is 767. The summed E-state index contributed by atoms with van der Waals surface area (Å²) >= 11 is 1.71. The Balaban J connectivity index is 2.06. The number of nitrogens with two attached hydrogens (primary N) is 1. The predicted octanol–water partition coefficient (Wildman–Crippen LogP) is 3.63. The molecule has 0 radical (unpaired) electrons. The molecule has 0 spiro atoms. The van der Waals surface area contributed by atoms with Crippen LogP contribution in [0.25, 0.3) is 11.0 Å². The van der Waals surface area contributed by atoms with Gasteiger partial charge in [-0.2, -0.15) is 0 Å². The zero-order chi connectivity index (χ0) is 15.0. The fourth-order valence-electron chi connectivity index (χ4n) is 2.55. The summed E-state index contributed by atoms with van der Waals surface area (Å²) < 4.78 is 20.7. The van der Waals surface area contributed by atoms with Gasteiger partial charge in [-0.15, -0.1) is 11.3 Å². The number of hydrogen-bond acceptors (Lipinski definition) is 4. The number of benzene rings is 1. The largest absolute Gasteiger partial charge is 0.494 e. The zero-order valence-corrected chi connectivity index (χ0v) is 12.7. The Morgan fingerprint density at radius 2 is 2.29 bits per heavy atom. The SMILES string of the molecule is COc1cc2c(cc1F)nc(N)n2C(C)Cc1cccs1. The lowest BCUT2D eigenvalue weighted by atomic mass is 10.2. The number of aromatic nitrogens is 2. The molecule has 2 heterocycles. The Kier molecular flexibility index (Phi) is 3.55. The summed E-state index contributed by atoms with van der Waals surface area (Å²) in [5.74, 6) is 0.161. The van der Waals surface area contributed by atoms with Crippen molar-refractivity contribution in [3.05, 3.63) is 40.3 Å². The third-order valence-corrected chi connectivity index (χ3v) is 4.41. The molecule has 110 valence electrons. The molecule has 2 N–H and O–H groups in total. The van der Waals surface area contributed by atoms with Crippen LogP contribution in [0.1, 0.15) is 17.8 Å². The van der Waals surface area contributed by atoms with E-state index in [9.17, 15) is 4.39 Å². The van der Waals surface area contributed by atoms with Crippen LogP contribution in [0.2, 0.25) is 0 Å². The van der Waals surface area contributed by atoms with Crippen LogP contribution in [0.3, 0.4) is 0 Å². The average Bonchev–Trinajstić information content (AvgIpc) is 3.04. The summed E-state index contributed by atoms with van der Waals surface area (Å²) in [7, 11) is 1.45. The lowest BCUT2D eigenvalue weighted by Gasteiger charge is -2.15. The second kappa shape index (κ2) is 5.37. The number of fused-ring (bicyclic) bond motifs is 1. The number of ether oxygens (including phenoxy) is 1. The van der Waals surface area contributed by atoms with Crippen molar-refractivity contribution in [2.75, 3.05) is 12.8 Å². The van der Waals surface area contributed by atoms with E-state index in [-0.39, 0.29) is 11.8 Å². The molecule has 3 aromatic rings. The highest BCUT2D eigenvalue weighted by atomic mass is 32.1. The lowest BCUT2D eigenvalue weighted by molar-refractivity contribution is 0.387. The first kappa shape index (κ1) is 13.9. The number of nitrogens with zero attached hydrogens (tertiary/aromatic N) is 2. The van der Waals surface area contributed by atoms with Crippen LogP contribution in [0.15, 0.2) is 29.6 Å². The van der Waals surface area contributed by atoms with Gasteiger partial charge in [0.25, 0.3) is 0 Å². The molecule has 1 aromatic carbocycles. The van der Waals surface area contributed by atoms with E-state index in [0.29, 0.717) is 11.5 Å². The second-order valence-electron chi connectivity index (χ2n) is 4.95. The van der Waals surface area contributed by atoms with E-state index < -0.39 is 5.82 Å². The summed E-state index contributed by atoms with van der Waals surface area (Å²) in [6.45, 7) is 2.08. The molecule has 0 aliphatic rings. The fraction of sp³-hybridized carbons (Fsp3) is 0.267. The van der Waals surface area contributed by atoms with Gasteiger partial charge in [0, 0.05) is 29.5 Å². The first-order chi connectivity index (χ1) is 10.1. The number of nitrogen functional groups attached to an aromatic ring is 1. The average molecular weight is 305 g/mol. The molecule has 0 fully saturated rings. The van der Waals surface area contributed by atoms with Crippen molar-refractivity contribution in [3.8, 4) is 5.75 Å². The van der Waals surface area contributed by atoms with E-state index in [4.69, 9.17) is 10.5 Å². The van der Waals surface area contributed by atoms with Crippen LogP contribution in [0, 0.1) is 5.82 Å². The van der Waals surface area contributed by atoms with Gasteiger partial charge >= 0.3 is 0 Å². The summed E-state index contributed by atoms with van der Waals surface area (Å²) in [5, 5.41) is 2.05. The number of hydrogen-bond donors (Lipinski definition) is 1. The maximum Gasteiger partial charge on any atom is 0.201 e. The molecule has 2 aromatic heterocycles. The quantitative estimate of drug-likeness (QED) is 0.801. The van der Waals surface area contributed by atoms with Gasteiger partial charge < -0.3 is 15.0 Å². The van der Waals surface area contributed by atoms with Crippen molar-refractivity contribution < 1.29 is 9.13 Å². The molecule has 1 atom stereocenters. The van der Waals surface area contributed by atoms with E-state index in [1.54, 1.807) is 17.4 Å². The van der Waals surface area contributed by atoms with Crippen LogP contribution >= 0.6 is 11.3 Å². The van der Waals surface area contributed by atoms with Gasteiger partial charge in [-0.1, -0.05) is 6.07 Å². The van der Waals surface area contributed by atoms with E-state index in [1.807, 2.05) is 10.6 Å². The molecular formula is C15H16FN3OS. The molecule has 3 rings (SSSR count). The minimum absolute atomic E-state index is 0.129. The van der Waals surface area contributed by atoms with E-state index in [2.05, 4.69) is 23.4 Å². The van der Waals surface area contributed by atoms with E-state index in [1.165, 1.54) is 18.1 Å². The van der Waals surface area contributed by atoms with Gasteiger partial charge in [0.15, 0.2) is 11.6 Å². The molecule has 0 aliphatic carbocycles. The number of anilines is 1. The Labute approximate surface area is 126 Å². The Morgan fingerprint density at radius 1 is 1.48 bits per heavy atom. The maximum atomic E-state index is 13.8. The van der Waals surface area contributed by atoms with Gasteiger partial charge in [-0.25, -0.2) is 9.37 Å². The van der Waals surface area contributed by atoms with Crippen LogP contribution in [-0.2, 0) is 6.42 Å². The summed E-state index contributed by atoms with van der Waals surface area (Å²) in [6.07, 6.45) is 0.854. The van der Waals surface area contributed by atoms with Gasteiger partial charge in [0.1, 0.15) is 0 Å². The minimum Gasteiger partial charge on any atom is -0.494 e. The van der Waals surface area contributed by atoms with E-state index >= 15 is 0 Å². The van der Waals surface area contributed by atoms with Gasteiger partial charge in [-0.05, 0) is 18.4 Å². The highest BCUT2D eigenvalue weighted by Crippen LogP contribution is 2.30. The van der Waals surface area contributed by atoms with Crippen LogP contribution < -0.4 is 10.5 Å². The van der Waals surface area contributed by atoms with Crippen LogP contribution in [0.5, 0.6) is 5.75 Å². The second-order valence-corrected chi connectivity index (χ2v) is 5.98. The van der Waals surface area contributed by atoms with Crippen molar-refractivity contribution in [2.24, 2.45) is 0 Å². The number of rotatable bonds is 4. The molecule has 0 amide bonds. The third-order valence-electron chi connectivity index (χ3n) is 3.51. The van der Waals surface area contributed by atoms with Gasteiger partial charge in [0.2, 0.25) is 5.95 Å². The van der Waals surface area contributed by atoms with Crippen molar-refractivity contribution in [1.82, 2.24) is 9.55 Å². The normalized spacial score (nSPS) is 12.7. The number of thiophene rings is 1. The smallest absolute Gasteiger partial charge is 0.201 e. The Hall–Kier alpha value is -2.08. The summed E-state index contributed by atoms with van der Waals surface area (Å²) in [5.41, 5.74) is 7.35. The number of halogens is 1. The first-order valence-electron chi connectivity index (χ1n) is 6.63. The van der Waals surface area contributed by atoms with Crippen LogP contribution in [-0.4, -0.2) is 16.7 Å². The zero-order valence-electron chi connectivity index (χ0n) is 11.8. The van der Waals surface area contributed by atoms with Crippen LogP contribution in [0.4, 0.5) is 10.3 Å². The molecular weight excluding hydrogens is 289 g/mol. The predicted molar refractivity (Wildman–Crippen MR) is 83.4 cm³/mol. The molecule has 0 aliphatic heterocycles. The number of methoxy groups -OCH3 is 1. The third kappa shape index (κ3) is 2.47. The monoisotopic (exact) mass is 305 g/mol. The van der Waals surface area contributed by atoms with Gasteiger partial charge in [-0.3, -0.25) is 0 Å².